The highest BCUT2D eigenvalue weighted by molar-refractivity contribution is 5.28. The van der Waals surface area contributed by atoms with Crippen LogP contribution in [0.1, 0.15) is 20.8 Å². The Morgan fingerprint density at radius 2 is 1.60 bits per heavy atom. The zero-order valence-electron chi connectivity index (χ0n) is 8.81. The average molecular weight is 212 g/mol. The van der Waals surface area contributed by atoms with E-state index in [0.717, 1.165) is 6.08 Å². The molecular weight excluding hydrogens is 200 g/mol. The Hall–Kier alpha value is -1.98. The lowest BCUT2D eigenvalue weighted by Gasteiger charge is -1.97. The number of nitro groups is 2. The van der Waals surface area contributed by atoms with E-state index >= 15 is 0 Å². The summed E-state index contributed by atoms with van der Waals surface area (Å²) in [7, 11) is 0. The minimum Gasteiger partial charge on any atom is -0.258 e. The summed E-state index contributed by atoms with van der Waals surface area (Å²) in [6, 6.07) is 0. The standard InChI is InChI=1S/C9H12N2O4/c1-6(2)8(10(12)13)5-9(7(3)4)11(14)15/h5H,1H2,2-4H3/b8-5+. The highest BCUT2D eigenvalue weighted by atomic mass is 16.6. The summed E-state index contributed by atoms with van der Waals surface area (Å²) in [5.41, 5.74) is -0.0335. The summed E-state index contributed by atoms with van der Waals surface area (Å²) < 4.78 is 0. The van der Waals surface area contributed by atoms with Crippen molar-refractivity contribution in [1.29, 1.82) is 0 Å². The first-order chi connectivity index (χ1) is 6.77. The zero-order valence-corrected chi connectivity index (χ0v) is 8.81. The van der Waals surface area contributed by atoms with Crippen molar-refractivity contribution in [2.24, 2.45) is 0 Å². The third-order valence-electron chi connectivity index (χ3n) is 1.62. The molecule has 15 heavy (non-hydrogen) atoms. The second-order valence-corrected chi connectivity index (χ2v) is 3.21. The van der Waals surface area contributed by atoms with Crippen LogP contribution in [-0.2, 0) is 0 Å². The van der Waals surface area contributed by atoms with Gasteiger partial charge in [-0.1, -0.05) is 6.58 Å². The monoisotopic (exact) mass is 212 g/mol. The second kappa shape index (κ2) is 5.04. The minimum absolute atomic E-state index is 0.181. The van der Waals surface area contributed by atoms with Gasteiger partial charge in [-0.25, -0.2) is 0 Å². The first-order valence-electron chi connectivity index (χ1n) is 4.11. The highest BCUT2D eigenvalue weighted by Gasteiger charge is 2.19. The normalized spacial score (nSPS) is 10.7. The molecule has 0 aliphatic rings. The molecule has 0 spiro atoms. The van der Waals surface area contributed by atoms with Crippen LogP contribution in [0.5, 0.6) is 0 Å². The van der Waals surface area contributed by atoms with Crippen molar-refractivity contribution in [2.45, 2.75) is 20.8 Å². The fraction of sp³-hybridized carbons (Fsp3) is 0.333. The van der Waals surface area contributed by atoms with Gasteiger partial charge in [0, 0.05) is 11.1 Å². The summed E-state index contributed by atoms with van der Waals surface area (Å²) in [5, 5.41) is 21.1. The molecule has 0 aromatic rings. The van der Waals surface area contributed by atoms with E-state index in [9.17, 15) is 20.2 Å². The topological polar surface area (TPSA) is 86.3 Å². The third kappa shape index (κ3) is 3.72. The van der Waals surface area contributed by atoms with Gasteiger partial charge < -0.3 is 0 Å². The lowest BCUT2D eigenvalue weighted by Crippen LogP contribution is -2.04. The molecule has 6 nitrogen and oxygen atoms in total. The van der Waals surface area contributed by atoms with E-state index in [0.29, 0.717) is 5.57 Å². The van der Waals surface area contributed by atoms with Crippen molar-refractivity contribution < 1.29 is 9.85 Å². The average Bonchev–Trinajstić information content (AvgIpc) is 2.01. The molecule has 0 amide bonds. The molecule has 0 heterocycles. The van der Waals surface area contributed by atoms with Crippen LogP contribution in [0.3, 0.4) is 0 Å². The molecule has 0 radical (unpaired) electrons. The lowest BCUT2D eigenvalue weighted by molar-refractivity contribution is -0.432. The van der Waals surface area contributed by atoms with E-state index in [-0.39, 0.29) is 17.0 Å². The molecule has 0 saturated carbocycles. The molecule has 82 valence electrons. The van der Waals surface area contributed by atoms with Gasteiger partial charge >= 0.3 is 0 Å². The van der Waals surface area contributed by atoms with Crippen molar-refractivity contribution in [1.82, 2.24) is 0 Å². The predicted molar refractivity (Wildman–Crippen MR) is 55.3 cm³/mol. The van der Waals surface area contributed by atoms with E-state index < -0.39 is 9.85 Å². The maximum Gasteiger partial charge on any atom is 0.278 e. The smallest absolute Gasteiger partial charge is 0.258 e. The van der Waals surface area contributed by atoms with Crippen molar-refractivity contribution in [3.05, 3.63) is 55.4 Å². The maximum atomic E-state index is 10.6. The number of nitrogens with zero attached hydrogens (tertiary/aromatic N) is 2. The fourth-order valence-corrected chi connectivity index (χ4v) is 0.841. The number of rotatable bonds is 4. The summed E-state index contributed by atoms with van der Waals surface area (Å²) in [6.07, 6.45) is 0.928. The maximum absolute atomic E-state index is 10.6. The largest absolute Gasteiger partial charge is 0.278 e. The number of hydrogen-bond donors (Lipinski definition) is 0. The summed E-state index contributed by atoms with van der Waals surface area (Å²) in [4.78, 5) is 19.8. The molecule has 0 atom stereocenters. The van der Waals surface area contributed by atoms with Crippen LogP contribution in [0.4, 0.5) is 0 Å². The molecule has 0 rings (SSSR count). The van der Waals surface area contributed by atoms with Crippen molar-refractivity contribution >= 4 is 0 Å². The Morgan fingerprint density at radius 3 is 1.80 bits per heavy atom. The predicted octanol–water partition coefficient (Wildman–Crippen LogP) is 2.29. The summed E-state index contributed by atoms with van der Waals surface area (Å²) in [5.74, 6) is 0. The van der Waals surface area contributed by atoms with Gasteiger partial charge in [-0.3, -0.25) is 20.2 Å². The Kier molecular flexibility index (Phi) is 4.37. The van der Waals surface area contributed by atoms with Gasteiger partial charge in [-0.15, -0.1) is 0 Å². The van der Waals surface area contributed by atoms with Crippen LogP contribution in [0.15, 0.2) is 35.2 Å². The molecule has 6 heteroatoms. The molecule has 0 bridgehead atoms. The Balaban J connectivity index is 5.49. The van der Waals surface area contributed by atoms with E-state index in [1.54, 1.807) is 0 Å². The van der Waals surface area contributed by atoms with Gasteiger partial charge in [0.05, 0.1) is 15.9 Å². The van der Waals surface area contributed by atoms with E-state index in [1.165, 1.54) is 20.8 Å². The molecule has 0 aromatic heterocycles. The third-order valence-corrected chi connectivity index (χ3v) is 1.62. The number of allylic oxidation sites excluding steroid dienone is 3. The van der Waals surface area contributed by atoms with Gasteiger partial charge in [0.15, 0.2) is 0 Å². The Bertz CT molecular complexity index is 360. The second-order valence-electron chi connectivity index (χ2n) is 3.21. The van der Waals surface area contributed by atoms with Crippen LogP contribution in [0.25, 0.3) is 0 Å². The minimum atomic E-state index is -0.686. The quantitative estimate of drug-likeness (QED) is 0.406. The van der Waals surface area contributed by atoms with Crippen molar-refractivity contribution in [3.8, 4) is 0 Å². The number of hydrogen-bond acceptors (Lipinski definition) is 4. The van der Waals surface area contributed by atoms with Gasteiger partial charge in [0.25, 0.3) is 11.4 Å². The van der Waals surface area contributed by atoms with E-state index in [4.69, 9.17) is 0 Å². The van der Waals surface area contributed by atoms with Crippen LogP contribution < -0.4 is 0 Å². The van der Waals surface area contributed by atoms with Gasteiger partial charge in [-0.05, 0) is 20.8 Å². The molecule has 0 aromatic carbocycles. The molecular formula is C9H12N2O4. The van der Waals surface area contributed by atoms with Gasteiger partial charge in [-0.2, -0.15) is 0 Å². The fourth-order valence-electron chi connectivity index (χ4n) is 0.841. The van der Waals surface area contributed by atoms with Crippen molar-refractivity contribution in [3.63, 3.8) is 0 Å². The lowest BCUT2D eigenvalue weighted by atomic mass is 10.2. The van der Waals surface area contributed by atoms with Gasteiger partial charge in [0.1, 0.15) is 0 Å². The molecule has 0 fully saturated rings. The zero-order chi connectivity index (χ0) is 12.2. The van der Waals surface area contributed by atoms with Gasteiger partial charge in [0.2, 0.25) is 0 Å². The summed E-state index contributed by atoms with van der Waals surface area (Å²) in [6.45, 7) is 7.86. The molecule has 0 unspecified atom stereocenters. The van der Waals surface area contributed by atoms with Crippen LogP contribution in [-0.4, -0.2) is 9.85 Å². The Labute approximate surface area is 86.9 Å². The summed E-state index contributed by atoms with van der Waals surface area (Å²) >= 11 is 0. The van der Waals surface area contributed by atoms with Crippen molar-refractivity contribution in [2.75, 3.05) is 0 Å². The van der Waals surface area contributed by atoms with E-state index in [1.807, 2.05) is 0 Å². The Morgan fingerprint density at radius 1 is 1.13 bits per heavy atom. The first kappa shape index (κ1) is 13.0. The molecule has 0 aliphatic carbocycles. The van der Waals surface area contributed by atoms with E-state index in [2.05, 4.69) is 6.58 Å². The molecule has 0 N–H and O–H groups in total. The van der Waals surface area contributed by atoms with Crippen LogP contribution >= 0.6 is 0 Å². The van der Waals surface area contributed by atoms with Crippen LogP contribution in [0, 0.1) is 20.2 Å². The molecule has 0 saturated heterocycles. The van der Waals surface area contributed by atoms with Crippen LogP contribution in [0.2, 0.25) is 0 Å². The first-order valence-corrected chi connectivity index (χ1v) is 4.11. The SMILES string of the molecule is C=C(C)/C(=C\C(=C(C)C)[N+](=O)[O-])[N+](=O)[O-]. The highest BCUT2D eigenvalue weighted by Crippen LogP contribution is 2.14. The molecule has 0 aliphatic heterocycles.